The van der Waals surface area contributed by atoms with Gasteiger partial charge in [0.15, 0.2) is 11.5 Å². The van der Waals surface area contributed by atoms with Gasteiger partial charge in [0.1, 0.15) is 0 Å². The molecule has 1 aromatic carbocycles. The lowest BCUT2D eigenvalue weighted by Crippen LogP contribution is -2.49. The molecule has 0 saturated carbocycles. The largest absolute Gasteiger partial charge is 0.491 e. The summed E-state index contributed by atoms with van der Waals surface area (Å²) in [4.78, 5) is 14.3. The Morgan fingerprint density at radius 2 is 2.21 bits per heavy atom. The molecule has 132 valence electrons. The summed E-state index contributed by atoms with van der Waals surface area (Å²) >= 11 is 6.23. The second-order valence-corrected chi connectivity index (χ2v) is 6.19. The Bertz CT molecular complexity index is 617. The molecule has 5 nitrogen and oxygen atoms in total. The molecule has 24 heavy (non-hydrogen) atoms. The summed E-state index contributed by atoms with van der Waals surface area (Å²) in [5.74, 6) is 1.02. The number of ether oxygens (including phenoxy) is 3. The normalized spacial score (nSPS) is 21.1. The number of hydrogen-bond donors (Lipinski definition) is 0. The number of methoxy groups -OCH3 is 1. The summed E-state index contributed by atoms with van der Waals surface area (Å²) < 4.78 is 16.4. The molecule has 1 saturated heterocycles. The predicted octanol–water partition coefficient (Wildman–Crippen LogP) is 3.40. The zero-order valence-electron chi connectivity index (χ0n) is 14.5. The van der Waals surface area contributed by atoms with Gasteiger partial charge in [-0.05, 0) is 44.5 Å². The van der Waals surface area contributed by atoms with Gasteiger partial charge in [-0.2, -0.15) is 0 Å². The molecular formula is C18H24ClNO4. The molecule has 1 amide bonds. The first-order valence-corrected chi connectivity index (χ1v) is 8.44. The van der Waals surface area contributed by atoms with Crippen molar-refractivity contribution in [1.82, 2.24) is 4.90 Å². The van der Waals surface area contributed by atoms with E-state index in [0.717, 1.165) is 5.56 Å². The van der Waals surface area contributed by atoms with Gasteiger partial charge in [-0.3, -0.25) is 4.79 Å². The Hall–Kier alpha value is -1.72. The van der Waals surface area contributed by atoms with Crippen molar-refractivity contribution < 1.29 is 19.0 Å². The van der Waals surface area contributed by atoms with Gasteiger partial charge >= 0.3 is 0 Å². The zero-order valence-corrected chi connectivity index (χ0v) is 15.3. The van der Waals surface area contributed by atoms with E-state index < -0.39 is 0 Å². The van der Waals surface area contributed by atoms with Crippen LogP contribution in [0.5, 0.6) is 11.5 Å². The van der Waals surface area contributed by atoms with Crippen LogP contribution in [0, 0.1) is 0 Å². The fraction of sp³-hybridized carbons (Fsp3) is 0.500. The van der Waals surface area contributed by atoms with E-state index in [4.69, 9.17) is 25.8 Å². The molecule has 0 N–H and O–H groups in total. The zero-order chi connectivity index (χ0) is 17.7. The molecule has 1 aliphatic heterocycles. The quantitative estimate of drug-likeness (QED) is 0.761. The van der Waals surface area contributed by atoms with Crippen molar-refractivity contribution in [3.05, 3.63) is 28.8 Å². The van der Waals surface area contributed by atoms with Crippen LogP contribution in [-0.4, -0.2) is 49.8 Å². The summed E-state index contributed by atoms with van der Waals surface area (Å²) in [5.41, 5.74) is 0.784. The van der Waals surface area contributed by atoms with E-state index in [1.807, 2.05) is 31.7 Å². The van der Waals surface area contributed by atoms with Crippen molar-refractivity contribution in [2.45, 2.75) is 32.9 Å². The third-order valence-corrected chi connectivity index (χ3v) is 4.13. The number of nitrogens with zero attached hydrogens (tertiary/aromatic N) is 1. The van der Waals surface area contributed by atoms with Crippen LogP contribution in [0.3, 0.4) is 0 Å². The smallest absolute Gasteiger partial charge is 0.246 e. The van der Waals surface area contributed by atoms with Gasteiger partial charge in [-0.1, -0.05) is 11.6 Å². The number of benzene rings is 1. The lowest BCUT2D eigenvalue weighted by molar-refractivity contribution is -0.137. The van der Waals surface area contributed by atoms with Crippen molar-refractivity contribution in [2.75, 3.05) is 26.9 Å². The van der Waals surface area contributed by atoms with Gasteiger partial charge in [0.25, 0.3) is 0 Å². The Balaban J connectivity index is 2.17. The molecule has 1 aliphatic rings. The first-order valence-electron chi connectivity index (χ1n) is 8.06. The van der Waals surface area contributed by atoms with Crippen LogP contribution in [0.25, 0.3) is 6.08 Å². The van der Waals surface area contributed by atoms with Crippen LogP contribution in [0.15, 0.2) is 18.2 Å². The van der Waals surface area contributed by atoms with E-state index in [0.29, 0.717) is 36.3 Å². The average Bonchev–Trinajstić information content (AvgIpc) is 2.55. The van der Waals surface area contributed by atoms with E-state index >= 15 is 0 Å². The molecule has 0 bridgehead atoms. The summed E-state index contributed by atoms with van der Waals surface area (Å²) in [6.45, 7) is 7.49. The van der Waals surface area contributed by atoms with E-state index in [2.05, 4.69) is 0 Å². The van der Waals surface area contributed by atoms with E-state index in [-0.39, 0.29) is 18.1 Å². The summed E-state index contributed by atoms with van der Waals surface area (Å²) in [5, 5.41) is 0.448. The number of rotatable bonds is 5. The monoisotopic (exact) mass is 353 g/mol. The fourth-order valence-corrected chi connectivity index (χ4v) is 2.92. The minimum atomic E-state index is -0.0393. The first-order chi connectivity index (χ1) is 11.5. The maximum Gasteiger partial charge on any atom is 0.246 e. The molecule has 1 heterocycles. The highest BCUT2D eigenvalue weighted by atomic mass is 35.5. The second-order valence-electron chi connectivity index (χ2n) is 5.78. The van der Waals surface area contributed by atoms with Crippen LogP contribution >= 0.6 is 11.6 Å². The van der Waals surface area contributed by atoms with E-state index in [1.165, 1.54) is 0 Å². The van der Waals surface area contributed by atoms with Crippen LogP contribution < -0.4 is 9.47 Å². The van der Waals surface area contributed by atoms with Crippen LogP contribution in [0.2, 0.25) is 5.02 Å². The molecule has 2 atom stereocenters. The molecule has 0 aromatic heterocycles. The molecular weight excluding hydrogens is 330 g/mol. The van der Waals surface area contributed by atoms with Crippen molar-refractivity contribution >= 4 is 23.6 Å². The Morgan fingerprint density at radius 1 is 1.46 bits per heavy atom. The Labute approximate surface area is 148 Å². The van der Waals surface area contributed by atoms with Gasteiger partial charge < -0.3 is 19.1 Å². The van der Waals surface area contributed by atoms with Gasteiger partial charge in [0, 0.05) is 12.6 Å². The minimum Gasteiger partial charge on any atom is -0.491 e. The number of amides is 1. The SMILES string of the molecule is CCOc1cc(/C=C/C(=O)N2CC(C)OCC2C)cc(Cl)c1OC. The van der Waals surface area contributed by atoms with Crippen LogP contribution in [-0.2, 0) is 9.53 Å². The lowest BCUT2D eigenvalue weighted by Gasteiger charge is -2.36. The molecule has 0 spiro atoms. The summed E-state index contributed by atoms with van der Waals surface area (Å²) in [6.07, 6.45) is 3.35. The number of hydrogen-bond acceptors (Lipinski definition) is 4. The second kappa shape index (κ2) is 8.40. The highest BCUT2D eigenvalue weighted by Crippen LogP contribution is 2.36. The molecule has 0 aliphatic carbocycles. The number of carbonyl (C=O) groups is 1. The number of halogens is 1. The maximum atomic E-state index is 12.4. The topological polar surface area (TPSA) is 48.0 Å². The highest BCUT2D eigenvalue weighted by Gasteiger charge is 2.26. The van der Waals surface area contributed by atoms with Crippen LogP contribution in [0.1, 0.15) is 26.3 Å². The third-order valence-electron chi connectivity index (χ3n) is 3.85. The standard InChI is InChI=1S/C18H24ClNO4/c1-5-23-16-9-14(8-15(19)18(16)22-4)6-7-17(21)20-10-13(3)24-11-12(20)2/h6-9,12-13H,5,10-11H2,1-4H3/b7-6+. The van der Waals surface area contributed by atoms with Gasteiger partial charge in [-0.15, -0.1) is 0 Å². The van der Waals surface area contributed by atoms with E-state index in [9.17, 15) is 4.79 Å². The van der Waals surface area contributed by atoms with Crippen molar-refractivity contribution in [3.8, 4) is 11.5 Å². The van der Waals surface area contributed by atoms with E-state index in [1.54, 1.807) is 25.3 Å². The van der Waals surface area contributed by atoms with Gasteiger partial charge in [-0.25, -0.2) is 0 Å². The predicted molar refractivity (Wildman–Crippen MR) is 94.8 cm³/mol. The average molecular weight is 354 g/mol. The maximum absolute atomic E-state index is 12.4. The molecule has 2 rings (SSSR count). The molecule has 1 aromatic rings. The van der Waals surface area contributed by atoms with Crippen molar-refractivity contribution in [3.63, 3.8) is 0 Å². The van der Waals surface area contributed by atoms with Gasteiger partial charge in [0.2, 0.25) is 5.91 Å². The summed E-state index contributed by atoms with van der Waals surface area (Å²) in [6, 6.07) is 3.62. The molecule has 2 unspecified atom stereocenters. The molecule has 0 radical (unpaired) electrons. The number of morpholine rings is 1. The fourth-order valence-electron chi connectivity index (χ4n) is 2.62. The number of carbonyl (C=O) groups excluding carboxylic acids is 1. The van der Waals surface area contributed by atoms with Crippen molar-refractivity contribution in [2.24, 2.45) is 0 Å². The Morgan fingerprint density at radius 3 is 2.88 bits per heavy atom. The van der Waals surface area contributed by atoms with Crippen molar-refractivity contribution in [1.29, 1.82) is 0 Å². The summed E-state index contributed by atoms with van der Waals surface area (Å²) in [7, 11) is 1.55. The van der Waals surface area contributed by atoms with Crippen LogP contribution in [0.4, 0.5) is 0 Å². The minimum absolute atomic E-state index is 0.0393. The Kier molecular flexibility index (Phi) is 6.52. The first kappa shape index (κ1) is 18.6. The lowest BCUT2D eigenvalue weighted by atomic mass is 10.1. The third kappa shape index (κ3) is 4.42. The van der Waals surface area contributed by atoms with Gasteiger partial charge in [0.05, 0.1) is 37.5 Å². The molecule has 1 fully saturated rings. The molecule has 6 heteroatoms. The highest BCUT2D eigenvalue weighted by molar-refractivity contribution is 6.32.